The maximum atomic E-state index is 5.87. The Labute approximate surface area is 167 Å². The Kier molecular flexibility index (Phi) is 8.92. The molecule has 2 aromatic heterocycles. The highest BCUT2D eigenvalue weighted by atomic mass is 16.5. The fourth-order valence-electron chi connectivity index (χ4n) is 3.12. The molecular weight excluding hydrogens is 352 g/mol. The van der Waals surface area contributed by atoms with Crippen molar-refractivity contribution in [3.8, 4) is 0 Å². The largest absolute Gasteiger partial charge is 0.469 e. The standard InChI is InChI=1S/C24H30O4/c1-2-10-22(20-26-16-6-4-12-24-14-8-18-28-24)21(9-1)19-25-15-5-3-11-23-13-7-17-27-23/h1-2,7-10,13-14,17-18H,3-6,11-12,15-16,19-20H2. The number of rotatable bonds is 14. The van der Waals surface area contributed by atoms with Crippen LogP contribution in [-0.2, 0) is 35.5 Å². The Bertz CT molecular complexity index is 682. The minimum Gasteiger partial charge on any atom is -0.469 e. The molecule has 0 fully saturated rings. The third kappa shape index (κ3) is 7.37. The predicted octanol–water partition coefficient (Wildman–Crippen LogP) is 5.95. The fourth-order valence-corrected chi connectivity index (χ4v) is 3.12. The highest BCUT2D eigenvalue weighted by Crippen LogP contribution is 2.13. The molecule has 0 aliphatic carbocycles. The molecule has 4 heteroatoms. The summed E-state index contributed by atoms with van der Waals surface area (Å²) in [7, 11) is 0. The molecule has 0 atom stereocenters. The lowest BCUT2D eigenvalue weighted by Gasteiger charge is -2.11. The van der Waals surface area contributed by atoms with E-state index in [0.717, 1.165) is 63.3 Å². The van der Waals surface area contributed by atoms with E-state index in [9.17, 15) is 0 Å². The van der Waals surface area contributed by atoms with Crippen molar-refractivity contribution in [3.05, 3.63) is 83.7 Å². The predicted molar refractivity (Wildman–Crippen MR) is 109 cm³/mol. The van der Waals surface area contributed by atoms with Crippen LogP contribution in [0, 0.1) is 0 Å². The molecule has 0 saturated carbocycles. The summed E-state index contributed by atoms with van der Waals surface area (Å²) in [5.41, 5.74) is 2.42. The van der Waals surface area contributed by atoms with Crippen LogP contribution >= 0.6 is 0 Å². The molecule has 0 amide bonds. The van der Waals surface area contributed by atoms with Crippen molar-refractivity contribution in [3.63, 3.8) is 0 Å². The van der Waals surface area contributed by atoms with Gasteiger partial charge in [-0.2, -0.15) is 0 Å². The van der Waals surface area contributed by atoms with Gasteiger partial charge >= 0.3 is 0 Å². The van der Waals surface area contributed by atoms with Gasteiger partial charge in [0.05, 0.1) is 25.7 Å². The molecule has 0 radical (unpaired) electrons. The van der Waals surface area contributed by atoms with E-state index in [1.165, 1.54) is 11.1 Å². The average molecular weight is 383 g/mol. The summed E-state index contributed by atoms with van der Waals surface area (Å²) in [4.78, 5) is 0. The first kappa shape index (κ1) is 20.4. The molecular formula is C24H30O4. The summed E-state index contributed by atoms with van der Waals surface area (Å²) >= 11 is 0. The van der Waals surface area contributed by atoms with Crippen molar-refractivity contribution < 1.29 is 18.3 Å². The smallest absolute Gasteiger partial charge is 0.103 e. The number of furan rings is 2. The van der Waals surface area contributed by atoms with Crippen molar-refractivity contribution in [1.29, 1.82) is 0 Å². The summed E-state index contributed by atoms with van der Waals surface area (Å²) in [6, 6.07) is 16.3. The Morgan fingerprint density at radius 3 is 1.50 bits per heavy atom. The maximum Gasteiger partial charge on any atom is 0.103 e. The second-order valence-corrected chi connectivity index (χ2v) is 6.95. The number of hydrogen-bond acceptors (Lipinski definition) is 4. The highest BCUT2D eigenvalue weighted by molar-refractivity contribution is 5.25. The van der Waals surface area contributed by atoms with E-state index < -0.39 is 0 Å². The van der Waals surface area contributed by atoms with Crippen LogP contribution < -0.4 is 0 Å². The van der Waals surface area contributed by atoms with E-state index in [-0.39, 0.29) is 0 Å². The van der Waals surface area contributed by atoms with Gasteiger partial charge in [-0.1, -0.05) is 24.3 Å². The molecule has 4 nitrogen and oxygen atoms in total. The highest BCUT2D eigenvalue weighted by Gasteiger charge is 2.03. The second-order valence-electron chi connectivity index (χ2n) is 6.95. The first-order chi connectivity index (χ1) is 13.9. The molecule has 1 aromatic carbocycles. The first-order valence-corrected chi connectivity index (χ1v) is 10.2. The molecule has 0 spiro atoms. The van der Waals surface area contributed by atoms with Crippen LogP contribution in [0.1, 0.15) is 48.3 Å². The van der Waals surface area contributed by atoms with Crippen LogP contribution in [0.25, 0.3) is 0 Å². The minimum absolute atomic E-state index is 0.638. The van der Waals surface area contributed by atoms with Gasteiger partial charge in [-0.25, -0.2) is 0 Å². The Hall–Kier alpha value is -2.30. The summed E-state index contributed by atoms with van der Waals surface area (Å²) in [5.74, 6) is 2.10. The second kappa shape index (κ2) is 12.2. The number of hydrogen-bond donors (Lipinski definition) is 0. The zero-order valence-corrected chi connectivity index (χ0v) is 16.5. The molecule has 0 aliphatic heterocycles. The van der Waals surface area contributed by atoms with Crippen molar-refractivity contribution >= 4 is 0 Å². The fraction of sp³-hybridized carbons (Fsp3) is 0.417. The molecule has 0 aliphatic rings. The van der Waals surface area contributed by atoms with Crippen LogP contribution in [0.5, 0.6) is 0 Å². The van der Waals surface area contributed by atoms with E-state index in [2.05, 4.69) is 24.3 Å². The van der Waals surface area contributed by atoms with E-state index in [4.69, 9.17) is 18.3 Å². The molecule has 0 unspecified atom stereocenters. The van der Waals surface area contributed by atoms with Gasteiger partial charge in [-0.15, -0.1) is 0 Å². The summed E-state index contributed by atoms with van der Waals surface area (Å²) in [6.07, 6.45) is 9.63. The van der Waals surface area contributed by atoms with Crippen LogP contribution in [-0.4, -0.2) is 13.2 Å². The third-order valence-electron chi connectivity index (χ3n) is 4.72. The topological polar surface area (TPSA) is 44.7 Å². The zero-order chi connectivity index (χ0) is 19.3. The monoisotopic (exact) mass is 382 g/mol. The third-order valence-corrected chi connectivity index (χ3v) is 4.72. The van der Waals surface area contributed by atoms with Crippen LogP contribution in [0.2, 0.25) is 0 Å². The normalized spacial score (nSPS) is 11.1. The van der Waals surface area contributed by atoms with E-state index in [1.807, 2.05) is 24.3 Å². The van der Waals surface area contributed by atoms with Gasteiger partial charge in [0, 0.05) is 26.1 Å². The van der Waals surface area contributed by atoms with Gasteiger partial charge in [0.2, 0.25) is 0 Å². The maximum absolute atomic E-state index is 5.87. The number of unbranched alkanes of at least 4 members (excludes halogenated alkanes) is 2. The zero-order valence-electron chi connectivity index (χ0n) is 16.5. The minimum atomic E-state index is 0.638. The summed E-state index contributed by atoms with van der Waals surface area (Å²) < 4.78 is 22.4. The molecule has 2 heterocycles. The number of ether oxygens (including phenoxy) is 2. The van der Waals surface area contributed by atoms with Crippen molar-refractivity contribution in [2.45, 2.75) is 51.7 Å². The number of benzene rings is 1. The molecule has 3 aromatic rings. The van der Waals surface area contributed by atoms with Gasteiger partial charge in [0.1, 0.15) is 11.5 Å². The molecule has 28 heavy (non-hydrogen) atoms. The van der Waals surface area contributed by atoms with Crippen molar-refractivity contribution in [1.82, 2.24) is 0 Å². The van der Waals surface area contributed by atoms with Gasteiger partial charge < -0.3 is 18.3 Å². The Morgan fingerprint density at radius 1 is 0.571 bits per heavy atom. The van der Waals surface area contributed by atoms with E-state index in [1.54, 1.807) is 12.5 Å². The van der Waals surface area contributed by atoms with E-state index in [0.29, 0.717) is 13.2 Å². The number of aryl methyl sites for hydroxylation is 2. The molecule has 0 bridgehead atoms. The molecule has 3 rings (SSSR count). The van der Waals surface area contributed by atoms with Gasteiger partial charge in [0.25, 0.3) is 0 Å². The summed E-state index contributed by atoms with van der Waals surface area (Å²) in [5, 5.41) is 0. The Morgan fingerprint density at radius 2 is 1.07 bits per heavy atom. The summed E-state index contributed by atoms with van der Waals surface area (Å²) in [6.45, 7) is 2.81. The van der Waals surface area contributed by atoms with E-state index >= 15 is 0 Å². The van der Waals surface area contributed by atoms with Crippen molar-refractivity contribution in [2.24, 2.45) is 0 Å². The van der Waals surface area contributed by atoms with Gasteiger partial charge in [-0.3, -0.25) is 0 Å². The average Bonchev–Trinajstić information content (AvgIpc) is 3.42. The lowest BCUT2D eigenvalue weighted by molar-refractivity contribution is 0.103. The Balaban J connectivity index is 1.27. The van der Waals surface area contributed by atoms with Gasteiger partial charge in [-0.05, 0) is 61.1 Å². The molecule has 0 saturated heterocycles. The van der Waals surface area contributed by atoms with Crippen molar-refractivity contribution in [2.75, 3.05) is 13.2 Å². The first-order valence-electron chi connectivity index (χ1n) is 10.2. The van der Waals surface area contributed by atoms with Gasteiger partial charge in [0.15, 0.2) is 0 Å². The molecule has 0 N–H and O–H groups in total. The van der Waals surface area contributed by atoms with Crippen LogP contribution in [0.3, 0.4) is 0 Å². The SMILES string of the molecule is c1coc(CCCCOCc2ccccc2COCCCCc2ccco2)c1. The lowest BCUT2D eigenvalue weighted by Crippen LogP contribution is -2.03. The van der Waals surface area contributed by atoms with Crippen LogP contribution in [0.15, 0.2) is 69.9 Å². The van der Waals surface area contributed by atoms with Crippen LogP contribution in [0.4, 0.5) is 0 Å². The lowest BCUT2D eigenvalue weighted by atomic mass is 10.1. The molecule has 150 valence electrons. The quantitative estimate of drug-likeness (QED) is 0.323.